The molecule has 0 spiro atoms. The zero-order valence-corrected chi connectivity index (χ0v) is 15.7. The van der Waals surface area contributed by atoms with Gasteiger partial charge in [-0.15, -0.1) is 0 Å². The Morgan fingerprint density at radius 1 is 1.00 bits per heavy atom. The third kappa shape index (κ3) is 3.22. The quantitative estimate of drug-likeness (QED) is 0.428. The van der Waals surface area contributed by atoms with E-state index in [-0.39, 0.29) is 5.57 Å². The number of esters is 2. The van der Waals surface area contributed by atoms with Gasteiger partial charge in [0.2, 0.25) is 0 Å². The Labute approximate surface area is 161 Å². The number of anilines is 1. The summed E-state index contributed by atoms with van der Waals surface area (Å²) in [6, 6.07) is 15.5. The molecule has 2 heterocycles. The van der Waals surface area contributed by atoms with Gasteiger partial charge in [0.25, 0.3) is 5.79 Å². The summed E-state index contributed by atoms with van der Waals surface area (Å²) in [5, 5.41) is 2.94. The first-order valence-corrected chi connectivity index (χ1v) is 8.82. The van der Waals surface area contributed by atoms with E-state index in [0.29, 0.717) is 5.69 Å². The number of aromatic nitrogens is 2. The predicted molar refractivity (Wildman–Crippen MR) is 104 cm³/mol. The van der Waals surface area contributed by atoms with Crippen LogP contribution in [0.15, 0.2) is 60.3 Å². The van der Waals surface area contributed by atoms with Crippen LogP contribution in [0.1, 0.15) is 19.7 Å². The lowest BCUT2D eigenvalue weighted by Gasteiger charge is -2.29. The average Bonchev–Trinajstić information content (AvgIpc) is 2.96. The first-order valence-electron chi connectivity index (χ1n) is 8.82. The highest BCUT2D eigenvalue weighted by Crippen LogP contribution is 2.24. The smallest absolute Gasteiger partial charge is 0.350 e. The van der Waals surface area contributed by atoms with Gasteiger partial charge in [-0.1, -0.05) is 12.1 Å². The third-order valence-electron chi connectivity index (χ3n) is 4.35. The van der Waals surface area contributed by atoms with E-state index < -0.39 is 17.7 Å². The maximum atomic E-state index is 12.0. The Kier molecular flexibility index (Phi) is 4.15. The average molecular weight is 377 g/mol. The lowest BCUT2D eigenvalue weighted by atomic mass is 10.2. The number of imidazole rings is 1. The largest absolute Gasteiger partial charge is 0.419 e. The Morgan fingerprint density at radius 2 is 1.64 bits per heavy atom. The Bertz CT molecular complexity index is 1090. The van der Waals surface area contributed by atoms with Crippen molar-refractivity contribution >= 4 is 28.7 Å². The van der Waals surface area contributed by atoms with E-state index in [9.17, 15) is 9.59 Å². The second kappa shape index (κ2) is 6.53. The van der Waals surface area contributed by atoms with E-state index >= 15 is 0 Å². The maximum absolute atomic E-state index is 12.0. The topological polar surface area (TPSA) is 82.5 Å². The van der Waals surface area contributed by atoms with Crippen molar-refractivity contribution in [1.29, 1.82) is 0 Å². The molecular formula is C21H19N3O4. The second-order valence-electron chi connectivity index (χ2n) is 6.91. The van der Waals surface area contributed by atoms with Crippen LogP contribution in [-0.2, 0) is 19.1 Å². The van der Waals surface area contributed by atoms with Gasteiger partial charge in [-0.25, -0.2) is 14.6 Å². The van der Waals surface area contributed by atoms with Crippen LogP contribution in [0.3, 0.4) is 0 Å². The van der Waals surface area contributed by atoms with Gasteiger partial charge in [0.1, 0.15) is 5.82 Å². The summed E-state index contributed by atoms with van der Waals surface area (Å²) in [5.74, 6) is -1.80. The molecule has 0 radical (unpaired) electrons. The number of hydrogen-bond acceptors (Lipinski definition) is 6. The molecule has 2 aromatic carbocycles. The molecule has 7 heteroatoms. The van der Waals surface area contributed by atoms with Crippen LogP contribution in [0.4, 0.5) is 5.69 Å². The molecule has 7 nitrogen and oxygen atoms in total. The standard InChI is InChI=1S/C21H19N3O4/c1-13-23-17-6-4-5-7-18(17)24(13)15-10-8-14(9-11-15)22-12-16-19(25)27-21(2,3)28-20(16)26/h4-12,22H,1-3H3. The predicted octanol–water partition coefficient (Wildman–Crippen LogP) is 3.47. The lowest BCUT2D eigenvalue weighted by Crippen LogP contribution is -2.42. The van der Waals surface area contributed by atoms with Crippen LogP contribution in [0.25, 0.3) is 16.7 Å². The summed E-state index contributed by atoms with van der Waals surface area (Å²) >= 11 is 0. The van der Waals surface area contributed by atoms with Gasteiger partial charge in [0, 0.05) is 31.4 Å². The minimum Gasteiger partial charge on any atom is -0.419 e. The van der Waals surface area contributed by atoms with Gasteiger partial charge >= 0.3 is 11.9 Å². The molecule has 1 saturated heterocycles. The van der Waals surface area contributed by atoms with Crippen molar-refractivity contribution in [2.45, 2.75) is 26.6 Å². The number of benzene rings is 2. The van der Waals surface area contributed by atoms with Gasteiger partial charge in [0.05, 0.1) is 11.0 Å². The summed E-state index contributed by atoms with van der Waals surface area (Å²) in [5.41, 5.74) is 3.45. The molecule has 0 saturated carbocycles. The first-order chi connectivity index (χ1) is 13.3. The molecule has 1 fully saturated rings. The number of aryl methyl sites for hydroxylation is 1. The number of cyclic esters (lactones) is 2. The number of carbonyl (C=O) groups is 2. The highest BCUT2D eigenvalue weighted by molar-refractivity contribution is 6.15. The van der Waals surface area contributed by atoms with Crippen molar-refractivity contribution < 1.29 is 19.1 Å². The number of rotatable bonds is 3. The monoisotopic (exact) mass is 377 g/mol. The summed E-state index contributed by atoms with van der Waals surface area (Å²) in [7, 11) is 0. The van der Waals surface area contributed by atoms with Crippen molar-refractivity contribution in [1.82, 2.24) is 9.55 Å². The molecule has 1 aromatic heterocycles. The maximum Gasteiger partial charge on any atom is 0.350 e. The molecule has 3 aromatic rings. The minimum atomic E-state index is -1.25. The van der Waals surface area contributed by atoms with Gasteiger partial charge < -0.3 is 14.8 Å². The van der Waals surface area contributed by atoms with Gasteiger partial charge in [-0.05, 0) is 43.3 Å². The number of nitrogens with one attached hydrogen (secondary N) is 1. The molecule has 0 unspecified atom stereocenters. The SMILES string of the molecule is Cc1nc2ccccc2n1-c1ccc(NC=C2C(=O)OC(C)(C)OC2=O)cc1. The molecular weight excluding hydrogens is 358 g/mol. The van der Waals surface area contributed by atoms with Crippen LogP contribution in [0.5, 0.6) is 0 Å². The summed E-state index contributed by atoms with van der Waals surface area (Å²) in [6.07, 6.45) is 1.30. The summed E-state index contributed by atoms with van der Waals surface area (Å²) < 4.78 is 12.2. The van der Waals surface area contributed by atoms with Gasteiger partial charge in [0.15, 0.2) is 5.57 Å². The molecule has 142 valence electrons. The zero-order chi connectivity index (χ0) is 19.9. The van der Waals surface area contributed by atoms with Crippen LogP contribution in [-0.4, -0.2) is 27.3 Å². The van der Waals surface area contributed by atoms with Crippen LogP contribution >= 0.6 is 0 Å². The van der Waals surface area contributed by atoms with Crippen LogP contribution < -0.4 is 5.32 Å². The van der Waals surface area contributed by atoms with Crippen molar-refractivity contribution in [3.05, 3.63) is 66.1 Å². The molecule has 28 heavy (non-hydrogen) atoms. The molecule has 4 rings (SSSR count). The molecule has 0 bridgehead atoms. The summed E-state index contributed by atoms with van der Waals surface area (Å²) in [4.78, 5) is 28.5. The first kappa shape index (κ1) is 17.8. The molecule has 0 amide bonds. The number of para-hydroxylation sites is 2. The van der Waals surface area contributed by atoms with Crippen LogP contribution in [0, 0.1) is 6.92 Å². The fourth-order valence-electron chi connectivity index (χ4n) is 3.11. The molecule has 1 aliphatic heterocycles. The van der Waals surface area contributed by atoms with E-state index in [1.54, 1.807) is 0 Å². The van der Waals surface area contributed by atoms with Gasteiger partial charge in [-0.2, -0.15) is 0 Å². The van der Waals surface area contributed by atoms with Crippen molar-refractivity contribution in [3.63, 3.8) is 0 Å². The second-order valence-corrected chi connectivity index (χ2v) is 6.91. The van der Waals surface area contributed by atoms with E-state index in [2.05, 4.69) is 14.9 Å². The number of fused-ring (bicyclic) bond motifs is 1. The normalized spacial score (nSPS) is 15.9. The summed E-state index contributed by atoms with van der Waals surface area (Å²) in [6.45, 7) is 4.97. The number of nitrogens with zero attached hydrogens (tertiary/aromatic N) is 2. The fraction of sp³-hybridized carbons (Fsp3) is 0.190. The van der Waals surface area contributed by atoms with Crippen molar-refractivity contribution in [2.75, 3.05) is 5.32 Å². The lowest BCUT2D eigenvalue weighted by molar-refractivity contribution is -0.222. The van der Waals surface area contributed by atoms with E-state index in [1.165, 1.54) is 20.0 Å². The highest BCUT2D eigenvalue weighted by atomic mass is 16.7. The van der Waals surface area contributed by atoms with Gasteiger partial charge in [-0.3, -0.25) is 4.57 Å². The zero-order valence-electron chi connectivity index (χ0n) is 15.7. The molecule has 1 aliphatic rings. The molecule has 1 N–H and O–H groups in total. The fourth-order valence-corrected chi connectivity index (χ4v) is 3.11. The number of ether oxygens (including phenoxy) is 2. The van der Waals surface area contributed by atoms with E-state index in [0.717, 1.165) is 22.5 Å². The molecule has 0 aliphatic carbocycles. The third-order valence-corrected chi connectivity index (χ3v) is 4.35. The highest BCUT2D eigenvalue weighted by Gasteiger charge is 2.38. The van der Waals surface area contributed by atoms with E-state index in [4.69, 9.17) is 9.47 Å². The minimum absolute atomic E-state index is 0.181. The Morgan fingerprint density at radius 3 is 2.32 bits per heavy atom. The van der Waals surface area contributed by atoms with E-state index in [1.807, 2.05) is 55.5 Å². The van der Waals surface area contributed by atoms with Crippen LogP contribution in [0.2, 0.25) is 0 Å². The Balaban J connectivity index is 1.57. The Hall–Kier alpha value is -3.61. The molecule has 0 atom stereocenters. The number of carbonyl (C=O) groups excluding carboxylic acids is 2. The van der Waals surface area contributed by atoms with Crippen molar-refractivity contribution in [2.24, 2.45) is 0 Å². The number of hydrogen-bond donors (Lipinski definition) is 1. The van der Waals surface area contributed by atoms with Crippen molar-refractivity contribution in [3.8, 4) is 5.69 Å².